The third-order valence-electron chi connectivity index (χ3n) is 5.07. The molecule has 174 valence electrons. The van der Waals surface area contributed by atoms with E-state index in [0.29, 0.717) is 28.4 Å². The van der Waals surface area contributed by atoms with Gasteiger partial charge in [-0.1, -0.05) is 36.0 Å². The van der Waals surface area contributed by atoms with E-state index >= 15 is 0 Å². The van der Waals surface area contributed by atoms with Crippen LogP contribution in [-0.4, -0.2) is 43.4 Å². The first kappa shape index (κ1) is 23.2. The Morgan fingerprint density at radius 3 is 2.38 bits per heavy atom. The van der Waals surface area contributed by atoms with E-state index < -0.39 is 0 Å². The number of benzene rings is 3. The second kappa shape index (κ2) is 10.8. The predicted octanol–water partition coefficient (Wildman–Crippen LogP) is 4.64. The molecule has 0 aliphatic carbocycles. The Labute approximate surface area is 201 Å². The average Bonchev–Trinajstić information content (AvgIpc) is 3.30. The average molecular weight is 477 g/mol. The third kappa shape index (κ3) is 5.32. The van der Waals surface area contributed by atoms with Crippen molar-refractivity contribution in [3.63, 3.8) is 0 Å². The van der Waals surface area contributed by atoms with Crippen molar-refractivity contribution < 1.29 is 19.0 Å². The van der Waals surface area contributed by atoms with Gasteiger partial charge in [-0.25, -0.2) is 10.4 Å². The van der Waals surface area contributed by atoms with Crippen molar-refractivity contribution in [2.75, 3.05) is 21.3 Å². The smallest absolute Gasteiger partial charge is 0.271 e. The summed E-state index contributed by atoms with van der Waals surface area (Å²) in [5, 5.41) is 4.93. The molecule has 1 heterocycles. The number of fused-ring (bicyclic) bond motifs is 1. The maximum absolute atomic E-state index is 12.5. The molecule has 0 saturated heterocycles. The van der Waals surface area contributed by atoms with Gasteiger partial charge in [0.05, 0.1) is 44.1 Å². The van der Waals surface area contributed by atoms with Gasteiger partial charge in [0, 0.05) is 23.4 Å². The molecule has 1 aromatic heterocycles. The summed E-state index contributed by atoms with van der Waals surface area (Å²) in [5.41, 5.74) is 6.67. The van der Waals surface area contributed by atoms with E-state index in [1.165, 1.54) is 20.4 Å². The van der Waals surface area contributed by atoms with E-state index in [1.54, 1.807) is 43.1 Å². The van der Waals surface area contributed by atoms with Crippen LogP contribution in [0.4, 0.5) is 0 Å². The molecule has 0 aliphatic rings. The number of aromatic amines is 1. The van der Waals surface area contributed by atoms with Gasteiger partial charge in [0.15, 0.2) is 5.16 Å². The molecule has 3 aromatic carbocycles. The molecule has 0 fully saturated rings. The molecule has 0 spiro atoms. The summed E-state index contributed by atoms with van der Waals surface area (Å²) in [7, 11) is 4.64. The van der Waals surface area contributed by atoms with Crippen LogP contribution in [0.1, 0.15) is 21.5 Å². The number of hydrogen-bond acceptors (Lipinski definition) is 7. The summed E-state index contributed by atoms with van der Waals surface area (Å²) in [6.07, 6.45) is 1.48. The van der Waals surface area contributed by atoms with Gasteiger partial charge >= 0.3 is 0 Å². The number of thioether (sulfide) groups is 1. The number of rotatable bonds is 9. The molecular formula is C25H24N4O4S. The number of nitrogens with zero attached hydrogens (tertiary/aromatic N) is 2. The first-order valence-electron chi connectivity index (χ1n) is 10.4. The lowest BCUT2D eigenvalue weighted by Gasteiger charge is -2.12. The van der Waals surface area contributed by atoms with Crippen molar-refractivity contribution in [2.24, 2.45) is 5.10 Å². The van der Waals surface area contributed by atoms with Crippen LogP contribution in [0.3, 0.4) is 0 Å². The highest BCUT2D eigenvalue weighted by Crippen LogP contribution is 2.32. The molecule has 34 heavy (non-hydrogen) atoms. The fourth-order valence-electron chi connectivity index (χ4n) is 3.28. The molecule has 4 aromatic rings. The third-order valence-corrected chi connectivity index (χ3v) is 6.02. The summed E-state index contributed by atoms with van der Waals surface area (Å²) >= 11 is 1.61. The van der Waals surface area contributed by atoms with Crippen LogP contribution in [0.15, 0.2) is 70.9 Å². The van der Waals surface area contributed by atoms with Gasteiger partial charge in [-0.15, -0.1) is 0 Å². The Morgan fingerprint density at radius 1 is 1.03 bits per heavy atom. The first-order valence-corrected chi connectivity index (χ1v) is 11.4. The molecular weight excluding hydrogens is 452 g/mol. The monoisotopic (exact) mass is 476 g/mol. The fourth-order valence-corrected chi connectivity index (χ4v) is 4.12. The Bertz CT molecular complexity index is 1260. The number of carbonyl (C=O) groups is 1. The number of H-pyrrole nitrogens is 1. The summed E-state index contributed by atoms with van der Waals surface area (Å²) in [6, 6.07) is 18.7. The quantitative estimate of drug-likeness (QED) is 0.207. The Hall–Kier alpha value is -3.98. The summed E-state index contributed by atoms with van der Waals surface area (Å²) in [5.74, 6) is 2.03. The van der Waals surface area contributed by atoms with Crippen LogP contribution in [0, 0.1) is 0 Å². The highest BCUT2D eigenvalue weighted by molar-refractivity contribution is 7.98. The molecule has 8 nitrogen and oxygen atoms in total. The number of carbonyl (C=O) groups excluding carboxylic acids is 1. The Balaban J connectivity index is 1.37. The maximum Gasteiger partial charge on any atom is 0.271 e. The van der Waals surface area contributed by atoms with E-state index in [4.69, 9.17) is 14.2 Å². The second-order valence-corrected chi connectivity index (χ2v) is 8.15. The number of aromatic nitrogens is 2. The van der Waals surface area contributed by atoms with Crippen LogP contribution >= 0.6 is 11.8 Å². The lowest BCUT2D eigenvalue weighted by Crippen LogP contribution is -2.17. The lowest BCUT2D eigenvalue weighted by atomic mass is 10.1. The lowest BCUT2D eigenvalue weighted by molar-refractivity contribution is 0.0955. The zero-order chi connectivity index (χ0) is 23.9. The Morgan fingerprint density at radius 2 is 1.74 bits per heavy atom. The van der Waals surface area contributed by atoms with Gasteiger partial charge in [-0.3, -0.25) is 4.79 Å². The number of nitrogens with one attached hydrogen (secondary N) is 2. The molecule has 0 aliphatic heterocycles. The zero-order valence-corrected chi connectivity index (χ0v) is 19.8. The minimum Gasteiger partial charge on any atom is -0.496 e. The maximum atomic E-state index is 12.5. The van der Waals surface area contributed by atoms with Crippen molar-refractivity contribution in [1.29, 1.82) is 0 Å². The van der Waals surface area contributed by atoms with Crippen LogP contribution in [0.5, 0.6) is 17.2 Å². The van der Waals surface area contributed by atoms with Gasteiger partial charge in [0.25, 0.3) is 5.91 Å². The SMILES string of the molecule is COc1cc(OC)c(/C=N/NC(=O)c2ccc(CSc3nc4ccccc4[nH]3)cc2)c(OC)c1. The summed E-state index contributed by atoms with van der Waals surface area (Å²) < 4.78 is 16.0. The van der Waals surface area contributed by atoms with E-state index in [-0.39, 0.29) is 5.91 Å². The van der Waals surface area contributed by atoms with Crippen molar-refractivity contribution in [1.82, 2.24) is 15.4 Å². The molecule has 4 rings (SSSR count). The largest absolute Gasteiger partial charge is 0.496 e. The van der Waals surface area contributed by atoms with E-state index in [0.717, 1.165) is 27.5 Å². The normalized spacial score (nSPS) is 11.0. The topological polar surface area (TPSA) is 97.8 Å². The minimum atomic E-state index is -0.320. The summed E-state index contributed by atoms with van der Waals surface area (Å²) in [6.45, 7) is 0. The highest BCUT2D eigenvalue weighted by atomic mass is 32.2. The number of hydrazone groups is 1. The van der Waals surface area contributed by atoms with Crippen LogP contribution in [0.2, 0.25) is 0 Å². The number of amides is 1. The standard InChI is InChI=1S/C25H24N4O4S/c1-31-18-12-22(32-2)19(23(13-18)33-3)14-26-29-24(30)17-10-8-16(9-11-17)15-34-25-27-20-6-4-5-7-21(20)28-25/h4-14H,15H2,1-3H3,(H,27,28)(H,29,30)/b26-14+. The molecule has 9 heteroatoms. The van der Waals surface area contributed by atoms with Gasteiger partial charge in [-0.2, -0.15) is 5.10 Å². The van der Waals surface area contributed by atoms with Crippen LogP contribution in [-0.2, 0) is 5.75 Å². The summed E-state index contributed by atoms with van der Waals surface area (Å²) in [4.78, 5) is 20.4. The van der Waals surface area contributed by atoms with Crippen molar-refractivity contribution >= 4 is 34.9 Å². The fraction of sp³-hybridized carbons (Fsp3) is 0.160. The molecule has 1 amide bonds. The predicted molar refractivity (Wildman–Crippen MR) is 133 cm³/mol. The number of hydrogen-bond donors (Lipinski definition) is 2. The molecule has 2 N–H and O–H groups in total. The molecule has 0 radical (unpaired) electrons. The molecule has 0 bridgehead atoms. The molecule has 0 atom stereocenters. The van der Waals surface area contributed by atoms with Crippen LogP contribution < -0.4 is 19.6 Å². The minimum absolute atomic E-state index is 0.320. The van der Waals surface area contributed by atoms with Crippen molar-refractivity contribution in [3.05, 3.63) is 77.4 Å². The number of imidazole rings is 1. The number of ether oxygens (including phenoxy) is 3. The zero-order valence-electron chi connectivity index (χ0n) is 19.0. The van der Waals surface area contributed by atoms with Crippen molar-refractivity contribution in [2.45, 2.75) is 10.9 Å². The Kier molecular flexibility index (Phi) is 7.34. The van der Waals surface area contributed by atoms with E-state index in [1.807, 2.05) is 36.4 Å². The van der Waals surface area contributed by atoms with Gasteiger partial charge in [0.2, 0.25) is 0 Å². The molecule has 0 saturated carbocycles. The van der Waals surface area contributed by atoms with E-state index in [2.05, 4.69) is 20.5 Å². The van der Waals surface area contributed by atoms with Gasteiger partial charge in [-0.05, 0) is 29.8 Å². The van der Waals surface area contributed by atoms with E-state index in [9.17, 15) is 4.79 Å². The first-order chi connectivity index (χ1) is 16.6. The second-order valence-electron chi connectivity index (χ2n) is 7.19. The van der Waals surface area contributed by atoms with Crippen molar-refractivity contribution in [3.8, 4) is 17.2 Å². The molecule has 0 unspecified atom stereocenters. The highest BCUT2D eigenvalue weighted by Gasteiger charge is 2.12. The number of para-hydroxylation sites is 2. The van der Waals surface area contributed by atoms with Gasteiger partial charge in [0.1, 0.15) is 17.2 Å². The number of methoxy groups -OCH3 is 3. The van der Waals surface area contributed by atoms with Crippen LogP contribution in [0.25, 0.3) is 11.0 Å². The van der Waals surface area contributed by atoms with Gasteiger partial charge < -0.3 is 19.2 Å².